The van der Waals surface area contributed by atoms with Crippen LogP contribution in [0.4, 0.5) is 0 Å². The van der Waals surface area contributed by atoms with Gasteiger partial charge in [-0.05, 0) is 11.5 Å². The minimum atomic E-state index is 0.671. The molecule has 0 bridgehead atoms. The summed E-state index contributed by atoms with van der Waals surface area (Å²) >= 11 is 1.42. The molecule has 0 saturated carbocycles. The number of rotatable bonds is 4. The van der Waals surface area contributed by atoms with Gasteiger partial charge in [0.15, 0.2) is 0 Å². The van der Waals surface area contributed by atoms with Crippen LogP contribution in [0.2, 0.25) is 0 Å². The van der Waals surface area contributed by atoms with Crippen LogP contribution in [0.1, 0.15) is 0 Å². The Kier molecular flexibility index (Phi) is 4.92. The van der Waals surface area contributed by atoms with Crippen molar-refractivity contribution in [2.45, 2.75) is 0 Å². The Hall–Kier alpha value is -0.760. The van der Waals surface area contributed by atoms with Crippen LogP contribution in [0.3, 0.4) is 0 Å². The average Bonchev–Trinajstić information content (AvgIpc) is 1.89. The monoisotopic (exact) mass is 139 g/mol. The minimum Gasteiger partial charge on any atom is -0.250 e. The molecule has 0 N–H and O–H groups in total. The van der Waals surface area contributed by atoms with Crippen LogP contribution in [0.25, 0.3) is 0 Å². The number of allylic oxidation sites excluding steroid dienone is 1. The molecule has 48 valence electrons. The Morgan fingerprint density at radius 1 is 1.44 bits per heavy atom. The Labute approximate surface area is 59.9 Å². The molecule has 0 atom stereocenters. The Morgan fingerprint density at radius 3 is 2.56 bits per heavy atom. The highest BCUT2D eigenvalue weighted by Gasteiger charge is 1.74. The summed E-state index contributed by atoms with van der Waals surface area (Å²) in [6.07, 6.45) is 1.60. The molecule has 0 aromatic heterocycles. The van der Waals surface area contributed by atoms with E-state index in [9.17, 15) is 0 Å². The zero-order chi connectivity index (χ0) is 7.11. The third-order valence-corrected chi connectivity index (χ3v) is 1.03. The van der Waals surface area contributed by atoms with Crippen molar-refractivity contribution in [3.8, 4) is 0 Å². The van der Waals surface area contributed by atoms with E-state index in [2.05, 4.69) is 24.7 Å². The van der Waals surface area contributed by atoms with E-state index in [0.717, 1.165) is 0 Å². The molecule has 0 aliphatic heterocycles. The second kappa shape index (κ2) is 5.38. The summed E-state index contributed by atoms with van der Waals surface area (Å²) in [6.45, 7) is 10.6. The second-order valence-corrected chi connectivity index (χ2v) is 2.05. The molecule has 2 heteroatoms. The molecule has 0 fully saturated rings. The highest BCUT2D eigenvalue weighted by atomic mass is 32.2. The summed E-state index contributed by atoms with van der Waals surface area (Å²) < 4.78 is 0. The zero-order valence-corrected chi connectivity index (χ0v) is 6.03. The highest BCUT2D eigenvalue weighted by molar-refractivity contribution is 8.14. The van der Waals surface area contributed by atoms with E-state index >= 15 is 0 Å². The summed E-state index contributed by atoms with van der Waals surface area (Å²) in [5.74, 6) is 0. The highest BCUT2D eigenvalue weighted by Crippen LogP contribution is 1.97. The fraction of sp³-hybridized carbons (Fsp3) is 0. The fourth-order valence-corrected chi connectivity index (χ4v) is 0.476. The SMILES string of the molecule is C=CSC=NC(=C)C=C. The fourth-order valence-electron chi connectivity index (χ4n) is 0.194. The molecule has 1 nitrogen and oxygen atoms in total. The second-order valence-electron chi connectivity index (χ2n) is 1.23. The molecule has 0 spiro atoms. The quantitative estimate of drug-likeness (QED) is 0.331. The maximum absolute atomic E-state index is 3.89. The predicted molar refractivity (Wildman–Crippen MR) is 45.6 cm³/mol. The minimum absolute atomic E-state index is 0.671. The van der Waals surface area contributed by atoms with Gasteiger partial charge in [0.1, 0.15) is 0 Å². The molecule has 0 radical (unpaired) electrons. The van der Waals surface area contributed by atoms with Gasteiger partial charge in [-0.1, -0.05) is 31.5 Å². The first-order valence-corrected chi connectivity index (χ1v) is 3.35. The van der Waals surface area contributed by atoms with Gasteiger partial charge in [-0.3, -0.25) is 4.99 Å². The maximum Gasteiger partial charge on any atom is 0.0645 e. The van der Waals surface area contributed by atoms with Crippen molar-refractivity contribution in [3.05, 3.63) is 36.9 Å². The van der Waals surface area contributed by atoms with Gasteiger partial charge in [0.2, 0.25) is 0 Å². The van der Waals surface area contributed by atoms with Gasteiger partial charge < -0.3 is 0 Å². The lowest BCUT2D eigenvalue weighted by Gasteiger charge is -1.83. The van der Waals surface area contributed by atoms with Crippen LogP contribution in [0.15, 0.2) is 41.9 Å². The largest absolute Gasteiger partial charge is 0.250 e. The van der Waals surface area contributed by atoms with E-state index in [1.165, 1.54) is 11.8 Å². The molecule has 0 rings (SSSR count). The van der Waals surface area contributed by atoms with Crippen molar-refractivity contribution in [2.24, 2.45) is 4.99 Å². The molecule has 0 aromatic carbocycles. The maximum atomic E-state index is 3.89. The van der Waals surface area contributed by atoms with Crippen molar-refractivity contribution in [2.75, 3.05) is 0 Å². The van der Waals surface area contributed by atoms with Gasteiger partial charge in [-0.15, -0.1) is 0 Å². The summed E-state index contributed by atoms with van der Waals surface area (Å²) in [5.41, 5.74) is 2.33. The van der Waals surface area contributed by atoms with Crippen LogP contribution in [-0.2, 0) is 0 Å². The molecular formula is C7H9NS. The molecule has 0 unspecified atom stereocenters. The molecule has 0 saturated heterocycles. The van der Waals surface area contributed by atoms with Gasteiger partial charge in [0.05, 0.1) is 11.2 Å². The summed E-state index contributed by atoms with van der Waals surface area (Å²) in [7, 11) is 0. The Balaban J connectivity index is 3.56. The molecule has 0 aliphatic carbocycles. The standard InChI is InChI=1S/C7H9NS/c1-4-7(3)8-6-9-5-2/h4-6H,1-3H2. The Bertz CT molecular complexity index is 147. The molecule has 9 heavy (non-hydrogen) atoms. The summed E-state index contributed by atoms with van der Waals surface area (Å²) in [4.78, 5) is 3.89. The smallest absolute Gasteiger partial charge is 0.0645 e. The predicted octanol–water partition coefficient (Wildman–Crippen LogP) is 2.59. The lowest BCUT2D eigenvalue weighted by Crippen LogP contribution is -1.64. The van der Waals surface area contributed by atoms with E-state index < -0.39 is 0 Å². The first kappa shape index (κ1) is 8.24. The topological polar surface area (TPSA) is 12.4 Å². The lowest BCUT2D eigenvalue weighted by molar-refractivity contribution is 1.47. The van der Waals surface area contributed by atoms with Crippen LogP contribution < -0.4 is 0 Å². The van der Waals surface area contributed by atoms with Crippen LogP contribution in [0, 0.1) is 0 Å². The molecular weight excluding hydrogens is 130 g/mol. The zero-order valence-electron chi connectivity index (χ0n) is 5.21. The van der Waals surface area contributed by atoms with Crippen molar-refractivity contribution in [1.29, 1.82) is 0 Å². The van der Waals surface area contributed by atoms with Gasteiger partial charge in [0, 0.05) is 0 Å². The average molecular weight is 139 g/mol. The van der Waals surface area contributed by atoms with Crippen molar-refractivity contribution >= 4 is 17.3 Å². The molecule has 0 aliphatic rings. The van der Waals surface area contributed by atoms with Gasteiger partial charge in [-0.2, -0.15) is 0 Å². The summed E-state index contributed by atoms with van der Waals surface area (Å²) in [6, 6.07) is 0. The molecule has 0 heterocycles. The number of thioether (sulfide) groups is 1. The number of nitrogens with zero attached hydrogens (tertiary/aromatic N) is 1. The lowest BCUT2D eigenvalue weighted by atomic mass is 10.5. The van der Waals surface area contributed by atoms with Crippen LogP contribution in [-0.4, -0.2) is 5.55 Å². The first-order chi connectivity index (χ1) is 4.31. The number of aliphatic imine (C=N–C) groups is 1. The number of hydrogen-bond acceptors (Lipinski definition) is 2. The van der Waals surface area contributed by atoms with Crippen molar-refractivity contribution < 1.29 is 0 Å². The molecule has 0 amide bonds. The first-order valence-electron chi connectivity index (χ1n) is 2.41. The normalized spacial score (nSPS) is 9.33. The van der Waals surface area contributed by atoms with E-state index in [1.807, 2.05) is 0 Å². The van der Waals surface area contributed by atoms with Gasteiger partial charge in [0.25, 0.3) is 0 Å². The van der Waals surface area contributed by atoms with Crippen molar-refractivity contribution in [1.82, 2.24) is 0 Å². The summed E-state index contributed by atoms with van der Waals surface area (Å²) in [5, 5.41) is 1.69. The van der Waals surface area contributed by atoms with E-state index in [-0.39, 0.29) is 0 Å². The van der Waals surface area contributed by atoms with E-state index in [1.54, 1.807) is 17.0 Å². The third-order valence-electron chi connectivity index (χ3n) is 0.611. The van der Waals surface area contributed by atoms with Crippen LogP contribution >= 0.6 is 11.8 Å². The third kappa shape index (κ3) is 5.11. The van der Waals surface area contributed by atoms with Gasteiger partial charge >= 0.3 is 0 Å². The Morgan fingerprint density at radius 2 is 2.11 bits per heavy atom. The van der Waals surface area contributed by atoms with Crippen LogP contribution in [0.5, 0.6) is 0 Å². The van der Waals surface area contributed by atoms with E-state index in [4.69, 9.17) is 0 Å². The van der Waals surface area contributed by atoms with E-state index in [0.29, 0.717) is 5.70 Å². The molecule has 0 aromatic rings. The van der Waals surface area contributed by atoms with Crippen molar-refractivity contribution in [3.63, 3.8) is 0 Å². The van der Waals surface area contributed by atoms with Gasteiger partial charge in [-0.25, -0.2) is 0 Å². The number of hydrogen-bond donors (Lipinski definition) is 0.